The average molecular weight is 241 g/mol. The Bertz CT molecular complexity index is 304. The van der Waals surface area contributed by atoms with Gasteiger partial charge in [0.05, 0.1) is 18.4 Å². The van der Waals surface area contributed by atoms with E-state index in [2.05, 4.69) is 0 Å². The molecule has 3 atom stereocenters. The Balaban J connectivity index is 2.30. The fraction of sp³-hybridized carbons (Fsp3) is 0.750. The zero-order chi connectivity index (χ0) is 12.5. The molecule has 0 radical (unpaired) electrons. The third-order valence-corrected chi connectivity index (χ3v) is 2.29. The number of carboxylic acid groups (broad SMARTS) is 1. The van der Waals surface area contributed by atoms with Gasteiger partial charge in [-0.25, -0.2) is 0 Å². The van der Waals surface area contributed by atoms with Crippen LogP contribution in [0.15, 0.2) is 0 Å². The second kappa shape index (κ2) is 4.28. The van der Waals surface area contributed by atoms with Crippen molar-refractivity contribution in [3.8, 4) is 0 Å². The highest BCUT2D eigenvalue weighted by Crippen LogP contribution is 2.38. The number of amides is 1. The molecule has 0 aliphatic heterocycles. The number of nitrogens with one attached hydrogen (secondary N) is 1. The van der Waals surface area contributed by atoms with Gasteiger partial charge in [-0.3, -0.25) is 9.59 Å². The molecule has 1 aliphatic rings. The first kappa shape index (κ1) is 12.8. The van der Waals surface area contributed by atoms with Crippen LogP contribution in [0.25, 0.3) is 0 Å². The van der Waals surface area contributed by atoms with Gasteiger partial charge in [-0.05, 0) is 6.42 Å². The summed E-state index contributed by atoms with van der Waals surface area (Å²) in [5.41, 5.74) is 0. The molecular formula is C8H10F3NO4. The van der Waals surface area contributed by atoms with Crippen molar-refractivity contribution in [1.82, 2.24) is 5.32 Å². The summed E-state index contributed by atoms with van der Waals surface area (Å²) in [6.45, 7) is -0.953. The number of halogens is 3. The third-order valence-electron chi connectivity index (χ3n) is 2.29. The first-order valence-electron chi connectivity index (χ1n) is 4.48. The second-order valence-corrected chi connectivity index (χ2v) is 3.59. The van der Waals surface area contributed by atoms with E-state index in [9.17, 15) is 22.8 Å². The number of aliphatic carboxylic acids is 1. The van der Waals surface area contributed by atoms with E-state index in [4.69, 9.17) is 10.2 Å². The molecule has 0 bridgehead atoms. The normalized spacial score (nSPS) is 26.0. The van der Waals surface area contributed by atoms with Crippen molar-refractivity contribution in [2.24, 2.45) is 11.8 Å². The minimum atomic E-state index is -4.79. The van der Waals surface area contributed by atoms with Crippen LogP contribution in [0.2, 0.25) is 0 Å². The van der Waals surface area contributed by atoms with Gasteiger partial charge in [0, 0.05) is 0 Å². The molecule has 0 heterocycles. The van der Waals surface area contributed by atoms with Gasteiger partial charge in [0.1, 0.15) is 0 Å². The lowest BCUT2D eigenvalue weighted by Gasteiger charge is -2.14. The first-order chi connectivity index (χ1) is 7.23. The number of hydrogen-bond donors (Lipinski definition) is 3. The zero-order valence-electron chi connectivity index (χ0n) is 7.99. The number of carbonyl (C=O) groups is 2. The van der Waals surface area contributed by atoms with Crippen molar-refractivity contribution >= 4 is 11.9 Å². The van der Waals surface area contributed by atoms with Gasteiger partial charge in [0.15, 0.2) is 6.10 Å². The Morgan fingerprint density at radius 3 is 2.31 bits per heavy atom. The number of carbonyl (C=O) groups excluding carboxylic acids is 1. The smallest absolute Gasteiger partial charge is 0.416 e. The van der Waals surface area contributed by atoms with E-state index < -0.39 is 42.5 Å². The van der Waals surface area contributed by atoms with Gasteiger partial charge in [-0.15, -0.1) is 0 Å². The number of alkyl halides is 3. The molecule has 16 heavy (non-hydrogen) atoms. The van der Waals surface area contributed by atoms with Gasteiger partial charge in [0.25, 0.3) is 0 Å². The number of carboxylic acids is 1. The van der Waals surface area contributed by atoms with Crippen molar-refractivity contribution in [3.05, 3.63) is 0 Å². The molecule has 0 aromatic carbocycles. The zero-order valence-corrected chi connectivity index (χ0v) is 7.99. The number of rotatable bonds is 4. The van der Waals surface area contributed by atoms with Crippen molar-refractivity contribution in [2.45, 2.75) is 18.7 Å². The SMILES string of the molecule is O=C(O)C1CC1C(=O)NCC(O)C(F)(F)F. The molecule has 5 nitrogen and oxygen atoms in total. The molecule has 3 N–H and O–H groups in total. The van der Waals surface area contributed by atoms with E-state index >= 15 is 0 Å². The molecule has 3 unspecified atom stereocenters. The maximum atomic E-state index is 11.8. The molecule has 92 valence electrons. The number of hydrogen-bond acceptors (Lipinski definition) is 3. The Labute approximate surface area is 88.2 Å². The highest BCUT2D eigenvalue weighted by molar-refractivity contribution is 5.89. The molecule has 0 aromatic rings. The molecule has 1 amide bonds. The second-order valence-electron chi connectivity index (χ2n) is 3.59. The van der Waals surface area contributed by atoms with E-state index in [0.29, 0.717) is 0 Å². The van der Waals surface area contributed by atoms with E-state index in [1.165, 1.54) is 0 Å². The maximum Gasteiger partial charge on any atom is 0.416 e. The van der Waals surface area contributed by atoms with Gasteiger partial charge >= 0.3 is 12.1 Å². The molecule has 1 aliphatic carbocycles. The third kappa shape index (κ3) is 3.09. The largest absolute Gasteiger partial charge is 0.481 e. The van der Waals surface area contributed by atoms with Crippen molar-refractivity contribution < 1.29 is 33.0 Å². The molecule has 0 saturated heterocycles. The van der Waals surface area contributed by atoms with Crippen LogP contribution < -0.4 is 5.32 Å². The van der Waals surface area contributed by atoms with Crippen LogP contribution in [0, 0.1) is 11.8 Å². The predicted molar refractivity (Wildman–Crippen MR) is 44.3 cm³/mol. The highest BCUT2D eigenvalue weighted by atomic mass is 19.4. The van der Waals surface area contributed by atoms with E-state index in [-0.39, 0.29) is 6.42 Å². The predicted octanol–water partition coefficient (Wildman–Crippen LogP) is -0.253. The first-order valence-corrected chi connectivity index (χ1v) is 4.48. The summed E-state index contributed by atoms with van der Waals surface area (Å²) in [6, 6.07) is 0. The van der Waals surface area contributed by atoms with Crippen LogP contribution in [0.1, 0.15) is 6.42 Å². The molecule has 0 spiro atoms. The standard InChI is InChI=1S/C8H10F3NO4/c9-8(10,11)5(13)2-12-6(14)3-1-4(3)7(15)16/h3-5,13H,1-2H2,(H,12,14)(H,15,16). The van der Waals surface area contributed by atoms with Gasteiger partial charge < -0.3 is 15.5 Å². The van der Waals surface area contributed by atoms with E-state index in [1.807, 2.05) is 5.32 Å². The van der Waals surface area contributed by atoms with E-state index in [0.717, 1.165) is 0 Å². The minimum absolute atomic E-state index is 0.128. The summed E-state index contributed by atoms with van der Waals surface area (Å²) in [7, 11) is 0. The summed E-state index contributed by atoms with van der Waals surface area (Å²) in [5.74, 6) is -3.51. The van der Waals surface area contributed by atoms with Crippen LogP contribution in [-0.2, 0) is 9.59 Å². The molecular weight excluding hydrogens is 231 g/mol. The topological polar surface area (TPSA) is 86.6 Å². The monoisotopic (exact) mass is 241 g/mol. The van der Waals surface area contributed by atoms with Crippen molar-refractivity contribution in [1.29, 1.82) is 0 Å². The molecule has 1 saturated carbocycles. The minimum Gasteiger partial charge on any atom is -0.481 e. The number of aliphatic hydroxyl groups is 1. The van der Waals surface area contributed by atoms with Crippen molar-refractivity contribution in [2.75, 3.05) is 6.54 Å². The summed E-state index contributed by atoms with van der Waals surface area (Å²) >= 11 is 0. The Hall–Kier alpha value is -1.31. The van der Waals surface area contributed by atoms with Crippen molar-refractivity contribution in [3.63, 3.8) is 0 Å². The van der Waals surface area contributed by atoms with Crippen LogP contribution in [0.5, 0.6) is 0 Å². The summed E-state index contributed by atoms with van der Waals surface area (Å²) in [4.78, 5) is 21.5. The molecule has 1 fully saturated rings. The van der Waals surface area contributed by atoms with Crippen LogP contribution in [0.3, 0.4) is 0 Å². The summed E-state index contributed by atoms with van der Waals surface area (Å²) in [5, 5.41) is 18.9. The quantitative estimate of drug-likeness (QED) is 0.633. The lowest BCUT2D eigenvalue weighted by molar-refractivity contribution is -0.201. The van der Waals surface area contributed by atoms with E-state index in [1.54, 1.807) is 0 Å². The average Bonchev–Trinajstić information content (AvgIpc) is 2.91. The lowest BCUT2D eigenvalue weighted by Crippen LogP contribution is -2.41. The Morgan fingerprint density at radius 2 is 1.94 bits per heavy atom. The maximum absolute atomic E-state index is 11.8. The Kier molecular flexibility index (Phi) is 3.41. The fourth-order valence-corrected chi connectivity index (χ4v) is 1.20. The molecule has 1 rings (SSSR count). The number of aliphatic hydroxyl groups excluding tert-OH is 1. The Morgan fingerprint density at radius 1 is 1.38 bits per heavy atom. The molecule has 8 heteroatoms. The van der Waals surface area contributed by atoms with Crippen LogP contribution >= 0.6 is 0 Å². The fourth-order valence-electron chi connectivity index (χ4n) is 1.20. The molecule has 0 aromatic heterocycles. The highest BCUT2D eigenvalue weighted by Gasteiger charge is 2.48. The van der Waals surface area contributed by atoms with Gasteiger partial charge in [-0.2, -0.15) is 13.2 Å². The van der Waals surface area contributed by atoms with Crippen LogP contribution in [0.4, 0.5) is 13.2 Å². The van der Waals surface area contributed by atoms with Crippen LogP contribution in [-0.4, -0.2) is 40.9 Å². The lowest BCUT2D eigenvalue weighted by atomic mass is 10.3. The summed E-state index contributed by atoms with van der Waals surface area (Å²) in [6.07, 6.45) is -7.29. The summed E-state index contributed by atoms with van der Waals surface area (Å²) < 4.78 is 35.5. The van der Waals surface area contributed by atoms with Gasteiger partial charge in [0.2, 0.25) is 5.91 Å². The van der Waals surface area contributed by atoms with Gasteiger partial charge in [-0.1, -0.05) is 0 Å².